The van der Waals surface area contributed by atoms with Gasteiger partial charge >= 0.3 is 0 Å². The van der Waals surface area contributed by atoms with Crippen molar-refractivity contribution in [2.45, 2.75) is 30.8 Å². The zero-order chi connectivity index (χ0) is 18.6. The lowest BCUT2D eigenvalue weighted by molar-refractivity contribution is -0.114. The first kappa shape index (κ1) is 18.3. The third kappa shape index (κ3) is 4.36. The van der Waals surface area contributed by atoms with Gasteiger partial charge in [-0.1, -0.05) is 0 Å². The van der Waals surface area contributed by atoms with Crippen LogP contribution in [0.1, 0.15) is 19.8 Å². The van der Waals surface area contributed by atoms with Gasteiger partial charge in [-0.05, 0) is 43.2 Å². The number of hydrogen-bond acceptors (Lipinski definition) is 6. The fourth-order valence-corrected chi connectivity index (χ4v) is 4.24. The Morgan fingerprint density at radius 2 is 1.88 bits per heavy atom. The number of ether oxygens (including phenoxy) is 1. The van der Waals surface area contributed by atoms with Gasteiger partial charge < -0.3 is 10.1 Å². The number of nitrogens with zero attached hydrogens (tertiary/aromatic N) is 3. The Labute approximate surface area is 152 Å². The Kier molecular flexibility index (Phi) is 5.48. The third-order valence-electron chi connectivity index (χ3n) is 4.05. The van der Waals surface area contributed by atoms with Gasteiger partial charge in [0, 0.05) is 38.0 Å². The maximum atomic E-state index is 12.8. The first-order valence-electron chi connectivity index (χ1n) is 8.27. The van der Waals surface area contributed by atoms with Crippen LogP contribution in [0.2, 0.25) is 0 Å². The minimum atomic E-state index is -3.57. The molecule has 0 aliphatic carbocycles. The van der Waals surface area contributed by atoms with E-state index in [9.17, 15) is 13.2 Å². The van der Waals surface area contributed by atoms with Crippen molar-refractivity contribution >= 4 is 21.6 Å². The summed E-state index contributed by atoms with van der Waals surface area (Å²) in [5.41, 5.74) is 0.563. The molecule has 0 unspecified atom stereocenters. The Hall–Kier alpha value is -2.52. The second-order valence-electron chi connectivity index (χ2n) is 5.99. The van der Waals surface area contributed by atoms with E-state index in [-0.39, 0.29) is 16.9 Å². The first-order valence-corrected chi connectivity index (χ1v) is 9.71. The zero-order valence-electron chi connectivity index (χ0n) is 14.3. The van der Waals surface area contributed by atoms with Crippen molar-refractivity contribution in [1.82, 2.24) is 14.5 Å². The molecular formula is C17H20N4O4S. The molecular weight excluding hydrogens is 356 g/mol. The number of carbonyl (C=O) groups is 1. The fourth-order valence-electron chi connectivity index (χ4n) is 2.77. The van der Waals surface area contributed by atoms with E-state index in [1.165, 1.54) is 23.4 Å². The number of rotatable bonds is 5. The Morgan fingerprint density at radius 3 is 2.46 bits per heavy atom. The van der Waals surface area contributed by atoms with Gasteiger partial charge in [0.25, 0.3) is 0 Å². The fraction of sp³-hybridized carbons (Fsp3) is 0.353. The van der Waals surface area contributed by atoms with Crippen LogP contribution in [0, 0.1) is 0 Å². The number of hydrogen-bond donors (Lipinski definition) is 1. The van der Waals surface area contributed by atoms with Crippen molar-refractivity contribution in [3.8, 4) is 5.88 Å². The molecule has 1 saturated heterocycles. The zero-order valence-corrected chi connectivity index (χ0v) is 15.1. The van der Waals surface area contributed by atoms with Gasteiger partial charge in [0.1, 0.15) is 6.10 Å². The highest BCUT2D eigenvalue weighted by atomic mass is 32.2. The highest BCUT2D eigenvalue weighted by Gasteiger charge is 2.30. The molecule has 1 aliphatic heterocycles. The van der Waals surface area contributed by atoms with E-state index in [4.69, 9.17) is 4.74 Å². The lowest BCUT2D eigenvalue weighted by Gasteiger charge is -2.31. The molecule has 2 aromatic rings. The molecule has 2 heterocycles. The van der Waals surface area contributed by atoms with Crippen LogP contribution in [0.4, 0.5) is 5.69 Å². The highest BCUT2D eigenvalue weighted by molar-refractivity contribution is 7.89. The summed E-state index contributed by atoms with van der Waals surface area (Å²) in [5.74, 6) is 0.244. The van der Waals surface area contributed by atoms with E-state index in [1.54, 1.807) is 30.5 Å². The molecule has 9 heteroatoms. The standard InChI is InChI=1S/C17H20N4O4S/c1-13(22)19-14-4-6-16(7-5-14)26(23,24)21-11-8-15(9-12-21)25-17-3-2-10-18-20-17/h2-7,10,15H,8-9,11-12H2,1H3,(H,19,22). The van der Waals surface area contributed by atoms with Crippen LogP contribution in [0.25, 0.3) is 0 Å². The Morgan fingerprint density at radius 1 is 1.19 bits per heavy atom. The average molecular weight is 376 g/mol. The summed E-state index contributed by atoms with van der Waals surface area (Å²) in [7, 11) is -3.57. The molecule has 1 fully saturated rings. The Balaban J connectivity index is 1.61. The molecule has 138 valence electrons. The van der Waals surface area contributed by atoms with Crippen molar-refractivity contribution < 1.29 is 17.9 Å². The number of amides is 1. The van der Waals surface area contributed by atoms with Crippen LogP contribution in [-0.4, -0.2) is 48.0 Å². The molecule has 1 aliphatic rings. The monoisotopic (exact) mass is 376 g/mol. The minimum Gasteiger partial charge on any atom is -0.473 e. The maximum Gasteiger partial charge on any atom is 0.243 e. The molecule has 26 heavy (non-hydrogen) atoms. The number of aromatic nitrogens is 2. The smallest absolute Gasteiger partial charge is 0.243 e. The van der Waals surface area contributed by atoms with E-state index in [0.29, 0.717) is 37.5 Å². The number of nitrogens with one attached hydrogen (secondary N) is 1. The average Bonchev–Trinajstić information content (AvgIpc) is 2.63. The molecule has 3 rings (SSSR count). The molecule has 1 N–H and O–H groups in total. The lowest BCUT2D eigenvalue weighted by atomic mass is 10.1. The second kappa shape index (κ2) is 7.79. The van der Waals surface area contributed by atoms with Gasteiger partial charge in [0.05, 0.1) is 4.90 Å². The SMILES string of the molecule is CC(=O)Nc1ccc(S(=O)(=O)N2CCC(Oc3cccnn3)CC2)cc1. The molecule has 1 amide bonds. The van der Waals surface area contributed by atoms with Gasteiger partial charge in [-0.2, -0.15) is 9.40 Å². The minimum absolute atomic E-state index is 0.0831. The first-order chi connectivity index (χ1) is 12.4. The van der Waals surface area contributed by atoms with Crippen molar-refractivity contribution in [2.75, 3.05) is 18.4 Å². The lowest BCUT2D eigenvalue weighted by Crippen LogP contribution is -2.41. The molecule has 0 spiro atoms. The Bertz CT molecular complexity index is 848. The van der Waals surface area contributed by atoms with Gasteiger partial charge in [-0.3, -0.25) is 4.79 Å². The number of anilines is 1. The summed E-state index contributed by atoms with van der Waals surface area (Å²) >= 11 is 0. The van der Waals surface area contributed by atoms with Gasteiger partial charge in [0.2, 0.25) is 21.8 Å². The van der Waals surface area contributed by atoms with Crippen LogP contribution < -0.4 is 10.1 Å². The van der Waals surface area contributed by atoms with E-state index in [0.717, 1.165) is 0 Å². The quantitative estimate of drug-likeness (QED) is 0.852. The topological polar surface area (TPSA) is 101 Å². The van der Waals surface area contributed by atoms with Gasteiger partial charge in [-0.15, -0.1) is 5.10 Å². The number of piperidine rings is 1. The molecule has 1 aromatic carbocycles. The predicted octanol–water partition coefficient (Wildman–Crippen LogP) is 1.67. The molecule has 1 aromatic heterocycles. The van der Waals surface area contributed by atoms with Crippen LogP contribution >= 0.6 is 0 Å². The summed E-state index contributed by atoms with van der Waals surface area (Å²) in [6, 6.07) is 9.64. The number of sulfonamides is 1. The predicted molar refractivity (Wildman–Crippen MR) is 95.2 cm³/mol. The largest absolute Gasteiger partial charge is 0.473 e. The van der Waals surface area contributed by atoms with Crippen LogP contribution in [0.3, 0.4) is 0 Å². The van der Waals surface area contributed by atoms with E-state index in [1.807, 2.05) is 0 Å². The van der Waals surface area contributed by atoms with Crippen molar-refractivity contribution in [1.29, 1.82) is 0 Å². The molecule has 0 saturated carbocycles. The van der Waals surface area contributed by atoms with Crippen LogP contribution in [-0.2, 0) is 14.8 Å². The third-order valence-corrected chi connectivity index (χ3v) is 5.96. The van der Waals surface area contributed by atoms with Crippen LogP contribution in [0.5, 0.6) is 5.88 Å². The summed E-state index contributed by atoms with van der Waals surface area (Å²) < 4.78 is 32.7. The molecule has 0 atom stereocenters. The molecule has 0 radical (unpaired) electrons. The van der Waals surface area contributed by atoms with Gasteiger partial charge in [0.15, 0.2) is 0 Å². The number of benzene rings is 1. The summed E-state index contributed by atoms with van der Waals surface area (Å²) in [6.07, 6.45) is 2.65. The second-order valence-corrected chi connectivity index (χ2v) is 7.93. The van der Waals surface area contributed by atoms with E-state index in [2.05, 4.69) is 15.5 Å². The maximum absolute atomic E-state index is 12.8. The molecule has 8 nitrogen and oxygen atoms in total. The van der Waals surface area contributed by atoms with Crippen molar-refractivity contribution in [2.24, 2.45) is 0 Å². The highest BCUT2D eigenvalue weighted by Crippen LogP contribution is 2.24. The van der Waals surface area contributed by atoms with E-state index >= 15 is 0 Å². The normalized spacial score (nSPS) is 16.2. The van der Waals surface area contributed by atoms with Gasteiger partial charge in [-0.25, -0.2) is 8.42 Å². The number of carbonyl (C=O) groups excluding carboxylic acids is 1. The molecule has 0 bridgehead atoms. The summed E-state index contributed by atoms with van der Waals surface area (Å²) in [4.78, 5) is 11.3. The summed E-state index contributed by atoms with van der Waals surface area (Å²) in [6.45, 7) is 2.15. The van der Waals surface area contributed by atoms with Crippen molar-refractivity contribution in [3.63, 3.8) is 0 Å². The van der Waals surface area contributed by atoms with Crippen molar-refractivity contribution in [3.05, 3.63) is 42.6 Å². The van der Waals surface area contributed by atoms with E-state index < -0.39 is 10.0 Å². The van der Waals surface area contributed by atoms with Crippen LogP contribution in [0.15, 0.2) is 47.5 Å². The summed E-state index contributed by atoms with van der Waals surface area (Å²) in [5, 5.41) is 10.3.